The lowest BCUT2D eigenvalue weighted by Gasteiger charge is -2.04. The molecular weight excluding hydrogens is 164 g/mol. The molecule has 0 radical (unpaired) electrons. The summed E-state index contributed by atoms with van der Waals surface area (Å²) in [4.78, 5) is 8.20. The van der Waals surface area contributed by atoms with Crippen LogP contribution in [-0.4, -0.2) is 14.4 Å². The van der Waals surface area contributed by atoms with Crippen LogP contribution in [0, 0.1) is 0 Å². The van der Waals surface area contributed by atoms with E-state index in [0.717, 1.165) is 11.3 Å². The summed E-state index contributed by atoms with van der Waals surface area (Å²) in [6, 6.07) is 0. The number of hydrogen-bond donors (Lipinski definition) is 1. The molecule has 2 heterocycles. The minimum atomic E-state index is 0.373. The van der Waals surface area contributed by atoms with Crippen molar-refractivity contribution in [2.24, 2.45) is 0 Å². The van der Waals surface area contributed by atoms with E-state index < -0.39 is 0 Å². The molecule has 68 valence electrons. The quantitative estimate of drug-likeness (QED) is 0.715. The van der Waals surface area contributed by atoms with E-state index in [-0.39, 0.29) is 0 Å². The molecule has 2 N–H and O–H groups in total. The summed E-state index contributed by atoms with van der Waals surface area (Å²) in [5.41, 5.74) is 7.66. The minimum absolute atomic E-state index is 0.373. The highest BCUT2D eigenvalue weighted by Gasteiger charge is 2.11. The van der Waals surface area contributed by atoms with Crippen molar-refractivity contribution in [2.75, 3.05) is 5.73 Å². The monoisotopic (exact) mass is 176 g/mol. The van der Waals surface area contributed by atoms with Gasteiger partial charge in [0.1, 0.15) is 5.82 Å². The van der Waals surface area contributed by atoms with Gasteiger partial charge in [-0.1, -0.05) is 13.8 Å². The van der Waals surface area contributed by atoms with Crippen molar-refractivity contribution in [1.29, 1.82) is 0 Å². The molecule has 0 aliphatic heterocycles. The van der Waals surface area contributed by atoms with Gasteiger partial charge in [-0.15, -0.1) is 0 Å². The first-order chi connectivity index (χ1) is 6.20. The highest BCUT2D eigenvalue weighted by Crippen LogP contribution is 2.21. The molecule has 4 heteroatoms. The Bertz CT molecular complexity index is 430. The van der Waals surface area contributed by atoms with Gasteiger partial charge in [-0.2, -0.15) is 0 Å². The molecule has 2 aromatic rings. The van der Waals surface area contributed by atoms with E-state index in [1.807, 2.05) is 10.6 Å². The summed E-state index contributed by atoms with van der Waals surface area (Å²) in [6.45, 7) is 4.19. The number of nitrogen functional groups attached to an aromatic ring is 1. The Balaban J connectivity index is 2.78. The molecule has 0 aliphatic rings. The molecule has 0 saturated heterocycles. The summed E-state index contributed by atoms with van der Waals surface area (Å²) < 4.78 is 1.98. The van der Waals surface area contributed by atoms with Gasteiger partial charge in [0.25, 0.3) is 0 Å². The van der Waals surface area contributed by atoms with E-state index >= 15 is 0 Å². The molecule has 0 spiro atoms. The lowest BCUT2D eigenvalue weighted by atomic mass is 10.1. The van der Waals surface area contributed by atoms with Crippen LogP contribution in [-0.2, 0) is 0 Å². The number of nitrogens with two attached hydrogens (primary N) is 1. The van der Waals surface area contributed by atoms with Crippen LogP contribution in [0.25, 0.3) is 5.65 Å². The van der Waals surface area contributed by atoms with E-state index in [9.17, 15) is 0 Å². The summed E-state index contributed by atoms with van der Waals surface area (Å²) in [6.07, 6.45) is 5.33. The minimum Gasteiger partial charge on any atom is -0.382 e. The first kappa shape index (κ1) is 8.04. The van der Waals surface area contributed by atoms with E-state index in [0.29, 0.717) is 11.7 Å². The molecule has 0 atom stereocenters. The molecule has 2 rings (SSSR count). The third-order valence-corrected chi connectivity index (χ3v) is 2.04. The number of aromatic nitrogens is 3. The zero-order valence-corrected chi connectivity index (χ0v) is 7.73. The van der Waals surface area contributed by atoms with Gasteiger partial charge in [0.15, 0.2) is 5.65 Å². The third kappa shape index (κ3) is 1.14. The largest absolute Gasteiger partial charge is 0.382 e. The Morgan fingerprint density at radius 3 is 2.92 bits per heavy atom. The maximum atomic E-state index is 5.79. The fourth-order valence-electron chi connectivity index (χ4n) is 1.52. The normalized spacial score (nSPS) is 11.3. The lowest BCUT2D eigenvalue weighted by molar-refractivity contribution is 0.810. The van der Waals surface area contributed by atoms with Gasteiger partial charge in [0, 0.05) is 12.4 Å². The van der Waals surface area contributed by atoms with Crippen LogP contribution in [0.15, 0.2) is 18.6 Å². The Labute approximate surface area is 76.4 Å². The summed E-state index contributed by atoms with van der Waals surface area (Å²) in [5.74, 6) is 0.973. The second kappa shape index (κ2) is 2.73. The molecule has 2 aromatic heterocycles. The Hall–Kier alpha value is -1.58. The van der Waals surface area contributed by atoms with E-state index in [1.54, 1.807) is 12.4 Å². The van der Waals surface area contributed by atoms with Crippen LogP contribution >= 0.6 is 0 Å². The van der Waals surface area contributed by atoms with Gasteiger partial charge >= 0.3 is 0 Å². The van der Waals surface area contributed by atoms with Gasteiger partial charge in [-0.05, 0) is 5.92 Å². The summed E-state index contributed by atoms with van der Waals surface area (Å²) >= 11 is 0. The predicted molar refractivity (Wildman–Crippen MR) is 51.5 cm³/mol. The fraction of sp³-hybridized carbons (Fsp3) is 0.333. The molecule has 13 heavy (non-hydrogen) atoms. The third-order valence-electron chi connectivity index (χ3n) is 2.04. The summed E-state index contributed by atoms with van der Waals surface area (Å²) in [7, 11) is 0. The van der Waals surface area contributed by atoms with Crippen molar-refractivity contribution in [1.82, 2.24) is 14.4 Å². The maximum Gasteiger partial charge on any atom is 0.158 e. The number of imidazole rings is 1. The summed E-state index contributed by atoms with van der Waals surface area (Å²) in [5, 5.41) is 0. The highest BCUT2D eigenvalue weighted by atomic mass is 15.1. The first-order valence-corrected chi connectivity index (χ1v) is 4.27. The van der Waals surface area contributed by atoms with Crippen LogP contribution in [0.3, 0.4) is 0 Å². The zero-order chi connectivity index (χ0) is 9.42. The molecule has 4 nitrogen and oxygen atoms in total. The average molecular weight is 176 g/mol. The zero-order valence-electron chi connectivity index (χ0n) is 7.73. The second-order valence-corrected chi connectivity index (χ2v) is 3.34. The van der Waals surface area contributed by atoms with Crippen LogP contribution in [0.2, 0.25) is 0 Å². The van der Waals surface area contributed by atoms with E-state index in [4.69, 9.17) is 5.73 Å². The molecule has 0 fully saturated rings. The Kier molecular flexibility index (Phi) is 1.69. The van der Waals surface area contributed by atoms with Gasteiger partial charge in [-0.3, -0.25) is 9.38 Å². The van der Waals surface area contributed by atoms with Crippen molar-refractivity contribution >= 4 is 11.5 Å². The molecule has 0 amide bonds. The lowest BCUT2D eigenvalue weighted by Crippen LogP contribution is -1.98. The molecule has 0 aromatic carbocycles. The number of fused-ring (bicyclic) bond motifs is 1. The average Bonchev–Trinajstić information content (AvgIpc) is 2.39. The fourth-order valence-corrected chi connectivity index (χ4v) is 1.52. The first-order valence-electron chi connectivity index (χ1n) is 4.27. The molecule has 0 bridgehead atoms. The standard InChI is InChI=1S/C9H12N4/c1-6(2)8-9(10)12-7-5-11-3-4-13(7)8/h3-6H,10H2,1-2H3. The van der Waals surface area contributed by atoms with Gasteiger partial charge in [0.2, 0.25) is 0 Å². The number of anilines is 1. The van der Waals surface area contributed by atoms with E-state index in [1.165, 1.54) is 0 Å². The van der Waals surface area contributed by atoms with Gasteiger partial charge in [0.05, 0.1) is 11.9 Å². The predicted octanol–water partition coefficient (Wildman–Crippen LogP) is 1.43. The van der Waals surface area contributed by atoms with Gasteiger partial charge < -0.3 is 5.73 Å². The molecular formula is C9H12N4. The van der Waals surface area contributed by atoms with Crippen molar-refractivity contribution in [3.05, 3.63) is 24.3 Å². The Morgan fingerprint density at radius 1 is 1.46 bits per heavy atom. The topological polar surface area (TPSA) is 56.2 Å². The number of rotatable bonds is 1. The number of hydrogen-bond acceptors (Lipinski definition) is 3. The highest BCUT2D eigenvalue weighted by molar-refractivity contribution is 5.51. The molecule has 0 aliphatic carbocycles. The van der Waals surface area contributed by atoms with Crippen LogP contribution in [0.4, 0.5) is 5.82 Å². The maximum absolute atomic E-state index is 5.79. The molecule has 0 unspecified atom stereocenters. The number of nitrogens with zero attached hydrogens (tertiary/aromatic N) is 3. The smallest absolute Gasteiger partial charge is 0.158 e. The van der Waals surface area contributed by atoms with Crippen molar-refractivity contribution in [3.8, 4) is 0 Å². The Morgan fingerprint density at radius 2 is 2.23 bits per heavy atom. The van der Waals surface area contributed by atoms with Crippen molar-refractivity contribution in [2.45, 2.75) is 19.8 Å². The van der Waals surface area contributed by atoms with Crippen LogP contribution < -0.4 is 5.73 Å². The SMILES string of the molecule is CC(C)c1c(N)nc2cnccn12. The van der Waals surface area contributed by atoms with Crippen LogP contribution in [0.5, 0.6) is 0 Å². The second-order valence-electron chi connectivity index (χ2n) is 3.34. The van der Waals surface area contributed by atoms with Crippen LogP contribution in [0.1, 0.15) is 25.5 Å². The van der Waals surface area contributed by atoms with Gasteiger partial charge in [-0.25, -0.2) is 4.98 Å². The van der Waals surface area contributed by atoms with Crippen molar-refractivity contribution in [3.63, 3.8) is 0 Å². The van der Waals surface area contributed by atoms with E-state index in [2.05, 4.69) is 23.8 Å². The molecule has 0 saturated carbocycles. The van der Waals surface area contributed by atoms with Crippen molar-refractivity contribution < 1.29 is 0 Å².